The second-order valence-corrected chi connectivity index (χ2v) is 5.07. The Labute approximate surface area is 127 Å². The second-order valence-electron chi connectivity index (χ2n) is 5.07. The van der Waals surface area contributed by atoms with Crippen molar-refractivity contribution in [1.29, 1.82) is 5.26 Å². The molecule has 0 atom stereocenters. The Morgan fingerprint density at radius 3 is 2.73 bits per heavy atom. The van der Waals surface area contributed by atoms with Gasteiger partial charge in [0.2, 0.25) is 5.91 Å². The number of benzene rings is 2. The smallest absolute Gasteiger partial charge is 0.243 e. The second kappa shape index (κ2) is 5.88. The Morgan fingerprint density at radius 1 is 1.23 bits per heavy atom. The van der Waals surface area contributed by atoms with Crippen molar-refractivity contribution in [3.05, 3.63) is 69.9 Å². The molecule has 0 aliphatic carbocycles. The van der Waals surface area contributed by atoms with E-state index in [4.69, 9.17) is 10.00 Å². The largest absolute Gasteiger partial charge is 0.756 e. The number of nitrogens with zero attached hydrogens (tertiary/aromatic N) is 2. The number of nitriles is 1. The normalized spacial score (nSPS) is 13.5. The molecule has 0 N–H and O–H groups in total. The van der Waals surface area contributed by atoms with Crippen molar-refractivity contribution in [1.82, 2.24) is 5.06 Å². The van der Waals surface area contributed by atoms with E-state index in [1.54, 1.807) is 24.3 Å². The number of fused-ring (bicyclic) bond motifs is 1. The van der Waals surface area contributed by atoms with Gasteiger partial charge in [0.15, 0.2) is 0 Å². The summed E-state index contributed by atoms with van der Waals surface area (Å²) in [4.78, 5) is 11.7. The molecular formula is C17H13N2O3-. The summed E-state index contributed by atoms with van der Waals surface area (Å²) in [5.74, 6) is 0.176. The van der Waals surface area contributed by atoms with Crippen LogP contribution in [0.25, 0.3) is 0 Å². The number of rotatable bonds is 3. The maximum absolute atomic E-state index is 11.7. The van der Waals surface area contributed by atoms with Crippen LogP contribution >= 0.6 is 0 Å². The molecule has 0 saturated carbocycles. The summed E-state index contributed by atoms with van der Waals surface area (Å²) in [6.45, 7) is 0.566. The van der Waals surface area contributed by atoms with Gasteiger partial charge in [-0.15, -0.1) is 0 Å². The van der Waals surface area contributed by atoms with Crippen molar-refractivity contribution >= 4 is 5.91 Å². The number of hydrogen-bond acceptors (Lipinski definition) is 4. The third-order valence-corrected chi connectivity index (χ3v) is 3.61. The first-order chi connectivity index (χ1) is 10.7. The van der Waals surface area contributed by atoms with Crippen molar-refractivity contribution in [2.75, 3.05) is 6.54 Å². The van der Waals surface area contributed by atoms with Crippen LogP contribution < -0.4 is 4.74 Å². The lowest BCUT2D eigenvalue weighted by Crippen LogP contribution is -2.32. The molecule has 0 bridgehead atoms. The number of hydrogen-bond donors (Lipinski definition) is 0. The SMILES string of the molecule is N#Cc1ccc(COc2ccc3c(c2)CCN([O-])C3=O)cc1. The highest BCUT2D eigenvalue weighted by atomic mass is 16.5. The fourth-order valence-electron chi connectivity index (χ4n) is 2.38. The molecule has 0 fully saturated rings. The molecule has 1 aliphatic rings. The predicted molar refractivity (Wildman–Crippen MR) is 80.0 cm³/mol. The van der Waals surface area contributed by atoms with Crippen molar-refractivity contribution < 1.29 is 9.53 Å². The van der Waals surface area contributed by atoms with Crippen LogP contribution in [0, 0.1) is 16.5 Å². The Kier molecular flexibility index (Phi) is 3.77. The van der Waals surface area contributed by atoms with Crippen LogP contribution in [-0.2, 0) is 13.0 Å². The number of ether oxygens (including phenoxy) is 1. The highest BCUT2D eigenvalue weighted by Gasteiger charge is 2.18. The highest BCUT2D eigenvalue weighted by Crippen LogP contribution is 2.24. The predicted octanol–water partition coefficient (Wildman–Crippen LogP) is 2.63. The fourth-order valence-corrected chi connectivity index (χ4v) is 2.38. The molecule has 110 valence electrons. The topological polar surface area (TPSA) is 76.4 Å². The van der Waals surface area contributed by atoms with E-state index in [0.717, 1.165) is 11.1 Å². The standard InChI is InChI=1S/C17H13N2O3/c18-10-12-1-3-13(4-2-12)11-22-15-5-6-16-14(9-15)7-8-19(21)17(16)20/h1-6,9H,7-8,11H2/q-1. The minimum atomic E-state index is -0.486. The summed E-state index contributed by atoms with van der Waals surface area (Å²) in [7, 11) is 0. The van der Waals surface area contributed by atoms with Crippen molar-refractivity contribution in [3.63, 3.8) is 0 Å². The molecule has 0 spiro atoms. The number of carbonyl (C=O) groups excluding carboxylic acids is 1. The number of carbonyl (C=O) groups is 1. The van der Waals surface area contributed by atoms with Crippen LogP contribution in [0.1, 0.15) is 27.0 Å². The van der Waals surface area contributed by atoms with Crippen LogP contribution in [0.4, 0.5) is 0 Å². The third-order valence-electron chi connectivity index (χ3n) is 3.61. The van der Waals surface area contributed by atoms with Gasteiger partial charge in [-0.1, -0.05) is 12.1 Å². The van der Waals surface area contributed by atoms with Crippen molar-refractivity contribution in [2.24, 2.45) is 0 Å². The van der Waals surface area contributed by atoms with E-state index >= 15 is 0 Å². The first-order valence-corrected chi connectivity index (χ1v) is 6.91. The maximum atomic E-state index is 11.7. The van der Waals surface area contributed by atoms with Gasteiger partial charge < -0.3 is 15.0 Å². The molecule has 1 heterocycles. The Hall–Kier alpha value is -2.84. The summed E-state index contributed by atoms with van der Waals surface area (Å²) in [6, 6.07) is 14.4. The molecular weight excluding hydrogens is 280 g/mol. The average Bonchev–Trinajstić information content (AvgIpc) is 2.57. The van der Waals surface area contributed by atoms with E-state index in [2.05, 4.69) is 6.07 Å². The first kappa shape index (κ1) is 14.1. The van der Waals surface area contributed by atoms with E-state index in [1.807, 2.05) is 18.2 Å². The Morgan fingerprint density at radius 2 is 2.00 bits per heavy atom. The molecule has 0 saturated heterocycles. The van der Waals surface area contributed by atoms with E-state index in [1.165, 1.54) is 0 Å². The molecule has 2 aromatic rings. The third kappa shape index (κ3) is 2.78. The zero-order valence-corrected chi connectivity index (χ0v) is 11.8. The minimum absolute atomic E-state index is 0.185. The molecule has 22 heavy (non-hydrogen) atoms. The van der Waals surface area contributed by atoms with Gasteiger partial charge in [-0.25, -0.2) is 0 Å². The molecule has 1 amide bonds. The molecule has 2 aromatic carbocycles. The Balaban J connectivity index is 1.71. The summed E-state index contributed by atoms with van der Waals surface area (Å²) >= 11 is 0. The minimum Gasteiger partial charge on any atom is -0.756 e. The van der Waals surface area contributed by atoms with E-state index in [-0.39, 0.29) is 6.54 Å². The summed E-state index contributed by atoms with van der Waals surface area (Å²) in [5.41, 5.74) is 2.86. The molecule has 0 radical (unpaired) electrons. The van der Waals surface area contributed by atoms with Crippen LogP contribution in [0.15, 0.2) is 42.5 Å². The molecule has 1 aliphatic heterocycles. The lowest BCUT2D eigenvalue weighted by Gasteiger charge is -2.33. The van der Waals surface area contributed by atoms with Crippen molar-refractivity contribution in [2.45, 2.75) is 13.0 Å². The van der Waals surface area contributed by atoms with E-state index < -0.39 is 5.91 Å². The summed E-state index contributed by atoms with van der Waals surface area (Å²) in [6.07, 6.45) is 0.540. The molecule has 3 rings (SSSR count). The summed E-state index contributed by atoms with van der Waals surface area (Å²) < 4.78 is 5.71. The van der Waals surface area contributed by atoms with Gasteiger partial charge in [0, 0.05) is 12.1 Å². The van der Waals surface area contributed by atoms with Crippen LogP contribution in [0.2, 0.25) is 0 Å². The van der Waals surface area contributed by atoms with Gasteiger partial charge in [0.05, 0.1) is 11.6 Å². The van der Waals surface area contributed by atoms with Gasteiger partial charge in [-0.05, 0) is 47.9 Å². The fraction of sp³-hybridized carbons (Fsp3) is 0.176. The van der Waals surface area contributed by atoms with Crippen LogP contribution in [-0.4, -0.2) is 17.5 Å². The number of hydroxylamine groups is 2. The molecule has 5 nitrogen and oxygen atoms in total. The van der Waals surface area contributed by atoms with Gasteiger partial charge >= 0.3 is 0 Å². The lowest BCUT2D eigenvalue weighted by atomic mass is 10.00. The zero-order chi connectivity index (χ0) is 15.5. The molecule has 0 aromatic heterocycles. The molecule has 0 unspecified atom stereocenters. The zero-order valence-electron chi connectivity index (χ0n) is 11.8. The maximum Gasteiger partial charge on any atom is 0.243 e. The van der Waals surface area contributed by atoms with E-state index in [9.17, 15) is 10.0 Å². The van der Waals surface area contributed by atoms with Gasteiger partial charge in [-0.3, -0.25) is 4.79 Å². The quantitative estimate of drug-likeness (QED) is 0.871. The number of amides is 1. The summed E-state index contributed by atoms with van der Waals surface area (Å²) in [5, 5.41) is 20.6. The van der Waals surface area contributed by atoms with Crippen LogP contribution in [0.3, 0.4) is 0 Å². The first-order valence-electron chi connectivity index (χ1n) is 6.91. The monoisotopic (exact) mass is 293 g/mol. The van der Waals surface area contributed by atoms with Gasteiger partial charge in [0.1, 0.15) is 12.4 Å². The van der Waals surface area contributed by atoms with Crippen LogP contribution in [0.5, 0.6) is 5.75 Å². The van der Waals surface area contributed by atoms with Crippen molar-refractivity contribution in [3.8, 4) is 11.8 Å². The molecule has 5 heteroatoms. The van der Waals surface area contributed by atoms with Gasteiger partial charge in [0.25, 0.3) is 0 Å². The van der Waals surface area contributed by atoms with Gasteiger partial charge in [-0.2, -0.15) is 5.26 Å². The lowest BCUT2D eigenvalue weighted by molar-refractivity contribution is 0.0809. The average molecular weight is 293 g/mol. The highest BCUT2D eigenvalue weighted by molar-refractivity contribution is 5.97. The Bertz CT molecular complexity index is 747. The van der Waals surface area contributed by atoms with E-state index in [0.29, 0.717) is 35.0 Å².